The highest BCUT2D eigenvalue weighted by atomic mass is 35.5. The van der Waals surface area contributed by atoms with Crippen LogP contribution in [0.5, 0.6) is 0 Å². The van der Waals surface area contributed by atoms with Gasteiger partial charge in [-0.05, 0) is 24.7 Å². The summed E-state index contributed by atoms with van der Waals surface area (Å²) in [5.74, 6) is 2.19. The van der Waals surface area contributed by atoms with Crippen LogP contribution in [0, 0.1) is 17.8 Å². The van der Waals surface area contributed by atoms with Crippen LogP contribution in [-0.2, 0) is 4.79 Å². The molecule has 2 fully saturated rings. The molecule has 1 saturated carbocycles. The maximum Gasteiger partial charge on any atom is 0.225 e. The Kier molecular flexibility index (Phi) is 6.28. The van der Waals surface area contributed by atoms with E-state index >= 15 is 0 Å². The highest BCUT2D eigenvalue weighted by Crippen LogP contribution is 2.30. The van der Waals surface area contributed by atoms with Crippen molar-refractivity contribution in [3.8, 4) is 0 Å². The number of amides is 1. The monoisotopic (exact) mass is 260 g/mol. The molecule has 0 aromatic rings. The lowest BCUT2D eigenvalue weighted by Crippen LogP contribution is -2.51. The second kappa shape index (κ2) is 7.22. The Morgan fingerprint density at radius 1 is 1.18 bits per heavy atom. The number of rotatable bonds is 4. The van der Waals surface area contributed by atoms with E-state index in [1.165, 1.54) is 32.1 Å². The van der Waals surface area contributed by atoms with Crippen molar-refractivity contribution < 1.29 is 4.79 Å². The molecule has 1 amide bonds. The molecule has 1 aliphatic heterocycles. The van der Waals surface area contributed by atoms with Crippen LogP contribution in [0.4, 0.5) is 0 Å². The zero-order valence-corrected chi connectivity index (χ0v) is 11.5. The number of carbonyl (C=O) groups excluding carboxylic acids is 1. The molecule has 0 radical (unpaired) electrons. The third-order valence-corrected chi connectivity index (χ3v) is 4.26. The van der Waals surface area contributed by atoms with Crippen molar-refractivity contribution in [2.45, 2.75) is 39.0 Å². The second-order valence-electron chi connectivity index (χ2n) is 5.40. The van der Waals surface area contributed by atoms with E-state index in [0.717, 1.165) is 31.5 Å². The summed E-state index contributed by atoms with van der Waals surface area (Å²) in [5, 5.41) is 6.24. The fraction of sp³-hybridized carbons (Fsp3) is 0.923. The summed E-state index contributed by atoms with van der Waals surface area (Å²) in [6, 6.07) is 0. The lowest BCUT2D eigenvalue weighted by atomic mass is 9.81. The third kappa shape index (κ3) is 4.14. The van der Waals surface area contributed by atoms with Gasteiger partial charge in [-0.2, -0.15) is 0 Å². The van der Waals surface area contributed by atoms with Crippen LogP contribution in [-0.4, -0.2) is 25.5 Å². The molecule has 100 valence electrons. The minimum absolute atomic E-state index is 0. The SMILES string of the molecule is CCC1CCC(CNC(=O)C2CNC2)CC1.Cl. The van der Waals surface area contributed by atoms with Crippen LogP contribution in [0.15, 0.2) is 0 Å². The van der Waals surface area contributed by atoms with Crippen LogP contribution in [0.1, 0.15) is 39.0 Å². The lowest BCUT2D eigenvalue weighted by Gasteiger charge is -2.30. The smallest absolute Gasteiger partial charge is 0.225 e. The molecule has 0 unspecified atom stereocenters. The summed E-state index contributed by atoms with van der Waals surface area (Å²) in [6.07, 6.45) is 6.67. The van der Waals surface area contributed by atoms with Gasteiger partial charge in [-0.25, -0.2) is 0 Å². The van der Waals surface area contributed by atoms with Gasteiger partial charge in [-0.1, -0.05) is 26.2 Å². The Labute approximate surface area is 111 Å². The summed E-state index contributed by atoms with van der Waals surface area (Å²) in [4.78, 5) is 11.6. The minimum atomic E-state index is 0. The molecule has 2 N–H and O–H groups in total. The van der Waals surface area contributed by atoms with E-state index in [1.54, 1.807) is 0 Å². The van der Waals surface area contributed by atoms with Gasteiger partial charge in [0.05, 0.1) is 5.92 Å². The Balaban J connectivity index is 0.00000144. The number of hydrogen-bond donors (Lipinski definition) is 2. The van der Waals surface area contributed by atoms with Crippen molar-refractivity contribution in [1.29, 1.82) is 0 Å². The Bertz CT molecular complexity index is 236. The molecule has 4 heteroatoms. The molecule has 0 bridgehead atoms. The second-order valence-corrected chi connectivity index (χ2v) is 5.40. The Morgan fingerprint density at radius 2 is 1.76 bits per heavy atom. The molecule has 2 rings (SSSR count). The first-order valence-corrected chi connectivity index (χ1v) is 6.78. The highest BCUT2D eigenvalue weighted by molar-refractivity contribution is 5.85. The van der Waals surface area contributed by atoms with E-state index in [4.69, 9.17) is 0 Å². The van der Waals surface area contributed by atoms with E-state index in [0.29, 0.717) is 0 Å². The highest BCUT2D eigenvalue weighted by Gasteiger charge is 2.26. The molecule has 0 aromatic heterocycles. The first-order chi connectivity index (χ1) is 7.79. The first-order valence-electron chi connectivity index (χ1n) is 6.78. The first kappa shape index (κ1) is 14.8. The van der Waals surface area contributed by atoms with E-state index in [1.807, 2.05) is 0 Å². The minimum Gasteiger partial charge on any atom is -0.356 e. The Morgan fingerprint density at radius 3 is 2.24 bits per heavy atom. The predicted octanol–water partition coefficient (Wildman–Crippen LogP) is 1.96. The van der Waals surface area contributed by atoms with Crippen LogP contribution < -0.4 is 10.6 Å². The van der Waals surface area contributed by atoms with Crippen LogP contribution in [0.2, 0.25) is 0 Å². The molecule has 1 aliphatic carbocycles. The maximum absolute atomic E-state index is 11.6. The fourth-order valence-electron chi connectivity index (χ4n) is 2.71. The van der Waals surface area contributed by atoms with Crippen molar-refractivity contribution in [3.63, 3.8) is 0 Å². The molecule has 0 atom stereocenters. The summed E-state index contributed by atoms with van der Waals surface area (Å²) in [7, 11) is 0. The van der Waals surface area contributed by atoms with Gasteiger partial charge in [0.25, 0.3) is 0 Å². The van der Waals surface area contributed by atoms with Gasteiger partial charge in [0.2, 0.25) is 5.91 Å². The standard InChI is InChI=1S/C13H24N2O.ClH/c1-2-10-3-5-11(6-4-10)7-15-13(16)12-8-14-9-12;/h10-12,14H,2-9H2,1H3,(H,15,16);1H. The van der Waals surface area contributed by atoms with Crippen molar-refractivity contribution in [3.05, 3.63) is 0 Å². The maximum atomic E-state index is 11.6. The van der Waals surface area contributed by atoms with Gasteiger partial charge in [-0.15, -0.1) is 12.4 Å². The molecular formula is C13H25ClN2O. The molecule has 1 heterocycles. The van der Waals surface area contributed by atoms with Gasteiger partial charge >= 0.3 is 0 Å². The van der Waals surface area contributed by atoms with E-state index < -0.39 is 0 Å². The zero-order valence-electron chi connectivity index (χ0n) is 10.7. The van der Waals surface area contributed by atoms with Gasteiger partial charge in [0, 0.05) is 19.6 Å². The van der Waals surface area contributed by atoms with Gasteiger partial charge in [-0.3, -0.25) is 4.79 Å². The van der Waals surface area contributed by atoms with Crippen molar-refractivity contribution in [2.24, 2.45) is 17.8 Å². The largest absolute Gasteiger partial charge is 0.356 e. The molecule has 2 aliphatic rings. The topological polar surface area (TPSA) is 41.1 Å². The molecule has 1 saturated heterocycles. The summed E-state index contributed by atoms with van der Waals surface area (Å²) in [6.45, 7) is 4.94. The molecule has 0 aromatic carbocycles. The van der Waals surface area contributed by atoms with E-state index in [9.17, 15) is 4.79 Å². The summed E-state index contributed by atoms with van der Waals surface area (Å²) >= 11 is 0. The predicted molar refractivity (Wildman–Crippen MR) is 72.4 cm³/mol. The van der Waals surface area contributed by atoms with Gasteiger partial charge in [0.15, 0.2) is 0 Å². The van der Waals surface area contributed by atoms with Crippen LogP contribution in [0.3, 0.4) is 0 Å². The average molecular weight is 261 g/mol. The van der Waals surface area contributed by atoms with Crippen molar-refractivity contribution >= 4 is 18.3 Å². The number of hydrogen-bond acceptors (Lipinski definition) is 2. The lowest BCUT2D eigenvalue weighted by molar-refractivity contribution is -0.126. The molecule has 17 heavy (non-hydrogen) atoms. The number of nitrogens with one attached hydrogen (secondary N) is 2. The fourth-order valence-corrected chi connectivity index (χ4v) is 2.71. The molecule has 3 nitrogen and oxygen atoms in total. The van der Waals surface area contributed by atoms with Crippen LogP contribution >= 0.6 is 12.4 Å². The van der Waals surface area contributed by atoms with E-state index in [2.05, 4.69) is 17.6 Å². The zero-order chi connectivity index (χ0) is 11.4. The summed E-state index contributed by atoms with van der Waals surface area (Å²) < 4.78 is 0. The van der Waals surface area contributed by atoms with Crippen LogP contribution in [0.25, 0.3) is 0 Å². The van der Waals surface area contributed by atoms with Gasteiger partial charge in [0.1, 0.15) is 0 Å². The number of halogens is 1. The van der Waals surface area contributed by atoms with Gasteiger partial charge < -0.3 is 10.6 Å². The molecule has 0 spiro atoms. The number of carbonyl (C=O) groups is 1. The van der Waals surface area contributed by atoms with Crippen molar-refractivity contribution in [2.75, 3.05) is 19.6 Å². The molecular weight excluding hydrogens is 236 g/mol. The summed E-state index contributed by atoms with van der Waals surface area (Å²) in [5.41, 5.74) is 0. The third-order valence-electron chi connectivity index (χ3n) is 4.26. The van der Waals surface area contributed by atoms with Crippen molar-refractivity contribution in [1.82, 2.24) is 10.6 Å². The Hall–Kier alpha value is -0.280. The normalized spacial score (nSPS) is 29.0. The quantitative estimate of drug-likeness (QED) is 0.811. The van der Waals surface area contributed by atoms with E-state index in [-0.39, 0.29) is 24.2 Å². The average Bonchev–Trinajstić information content (AvgIpc) is 2.25.